The topological polar surface area (TPSA) is 47.6 Å². The van der Waals surface area contributed by atoms with E-state index in [1.165, 1.54) is 0 Å². The summed E-state index contributed by atoms with van der Waals surface area (Å²) in [6.07, 6.45) is -0.716. The fourth-order valence-corrected chi connectivity index (χ4v) is 0.991. The zero-order valence-corrected chi connectivity index (χ0v) is 8.90. The van der Waals surface area contributed by atoms with Gasteiger partial charge in [0.15, 0.2) is 0 Å². The molecule has 0 saturated carbocycles. The average Bonchev–Trinajstić information content (AvgIpc) is 2.18. The highest BCUT2D eigenvalue weighted by Gasteiger charge is 2.03. The van der Waals surface area contributed by atoms with Gasteiger partial charge in [0.05, 0.1) is 12.7 Å². The first-order valence-electron chi connectivity index (χ1n) is 4.81. The number of rotatable bonds is 4. The van der Waals surface area contributed by atoms with Crippen LogP contribution in [0.4, 0.5) is 4.79 Å². The van der Waals surface area contributed by atoms with Crippen LogP contribution in [0.3, 0.4) is 0 Å². The summed E-state index contributed by atoms with van der Waals surface area (Å²) in [5.74, 6) is 0. The van der Waals surface area contributed by atoms with E-state index in [-0.39, 0.29) is 6.10 Å². The predicted molar refractivity (Wildman–Crippen MR) is 56.0 cm³/mol. The Morgan fingerprint density at radius 1 is 1.33 bits per heavy atom. The Kier molecular flexibility index (Phi) is 4.63. The normalized spacial score (nSPS) is 10.1. The van der Waals surface area contributed by atoms with Gasteiger partial charge in [0, 0.05) is 0 Å². The summed E-state index contributed by atoms with van der Waals surface area (Å²) in [5, 5.41) is 0. The van der Waals surface area contributed by atoms with Crippen molar-refractivity contribution in [3.8, 4) is 0 Å². The van der Waals surface area contributed by atoms with Crippen LogP contribution >= 0.6 is 0 Å². The molecule has 0 aliphatic carbocycles. The van der Waals surface area contributed by atoms with Crippen LogP contribution in [0.5, 0.6) is 0 Å². The second-order valence-electron chi connectivity index (χ2n) is 3.33. The van der Waals surface area contributed by atoms with E-state index >= 15 is 0 Å². The van der Waals surface area contributed by atoms with Crippen molar-refractivity contribution in [2.75, 3.05) is 0 Å². The summed E-state index contributed by atoms with van der Waals surface area (Å²) in [4.78, 5) is 15.9. The lowest BCUT2D eigenvalue weighted by atomic mass is 10.2. The highest BCUT2D eigenvalue weighted by Crippen LogP contribution is 1.99. The van der Waals surface area contributed by atoms with E-state index < -0.39 is 6.09 Å². The molecule has 4 nitrogen and oxygen atoms in total. The van der Waals surface area contributed by atoms with Crippen molar-refractivity contribution in [3.05, 3.63) is 35.9 Å². The summed E-state index contributed by atoms with van der Waals surface area (Å²) in [5.41, 5.74) is 3.19. The third kappa shape index (κ3) is 5.02. The van der Waals surface area contributed by atoms with Crippen LogP contribution in [-0.4, -0.2) is 12.2 Å². The van der Waals surface area contributed by atoms with Crippen LogP contribution in [0.15, 0.2) is 30.3 Å². The number of hydroxylamine groups is 1. The highest BCUT2D eigenvalue weighted by molar-refractivity contribution is 5.65. The fraction of sp³-hybridized carbons (Fsp3) is 0.364. The maximum Gasteiger partial charge on any atom is 0.431 e. The Hall–Kier alpha value is -1.55. The van der Waals surface area contributed by atoms with Crippen molar-refractivity contribution in [1.29, 1.82) is 0 Å². The summed E-state index contributed by atoms with van der Waals surface area (Å²) >= 11 is 0. The molecule has 0 bridgehead atoms. The lowest BCUT2D eigenvalue weighted by Gasteiger charge is -2.09. The van der Waals surface area contributed by atoms with Crippen molar-refractivity contribution in [1.82, 2.24) is 5.48 Å². The Labute approximate surface area is 89.1 Å². The molecule has 4 heteroatoms. The molecule has 0 heterocycles. The van der Waals surface area contributed by atoms with Gasteiger partial charge in [-0.3, -0.25) is 4.84 Å². The van der Waals surface area contributed by atoms with Gasteiger partial charge in [-0.15, -0.1) is 0 Å². The van der Waals surface area contributed by atoms with E-state index in [2.05, 4.69) is 5.48 Å². The molecule has 82 valence electrons. The Bertz CT molecular complexity index is 298. The molecule has 1 rings (SSSR count). The molecule has 15 heavy (non-hydrogen) atoms. The first-order chi connectivity index (χ1) is 7.18. The number of carbonyl (C=O) groups excluding carboxylic acids is 1. The number of carbonyl (C=O) groups is 1. The number of benzene rings is 1. The zero-order valence-electron chi connectivity index (χ0n) is 8.90. The summed E-state index contributed by atoms with van der Waals surface area (Å²) in [7, 11) is 0. The summed E-state index contributed by atoms with van der Waals surface area (Å²) in [6, 6.07) is 9.56. The molecular weight excluding hydrogens is 194 g/mol. The number of amides is 1. The molecular formula is C11H15NO3. The van der Waals surface area contributed by atoms with Crippen molar-refractivity contribution in [3.63, 3.8) is 0 Å². The van der Waals surface area contributed by atoms with Crippen LogP contribution in [0, 0.1) is 0 Å². The quantitative estimate of drug-likeness (QED) is 0.774. The summed E-state index contributed by atoms with van der Waals surface area (Å²) < 4.78 is 4.81. The van der Waals surface area contributed by atoms with E-state index in [4.69, 9.17) is 9.57 Å². The molecule has 0 aliphatic heterocycles. The largest absolute Gasteiger partial charge is 0.445 e. The van der Waals surface area contributed by atoms with E-state index in [1.54, 1.807) is 13.8 Å². The van der Waals surface area contributed by atoms with Crippen molar-refractivity contribution in [2.24, 2.45) is 0 Å². The predicted octanol–water partition coefficient (Wildman–Crippen LogP) is 2.25. The third-order valence-corrected chi connectivity index (χ3v) is 1.58. The van der Waals surface area contributed by atoms with Crippen LogP contribution in [0.2, 0.25) is 0 Å². The summed E-state index contributed by atoms with van der Waals surface area (Å²) in [6.45, 7) is 3.88. The van der Waals surface area contributed by atoms with Gasteiger partial charge in [-0.05, 0) is 19.4 Å². The second kappa shape index (κ2) is 6.03. The Morgan fingerprint density at radius 2 is 2.00 bits per heavy atom. The molecule has 0 saturated heterocycles. The fourth-order valence-electron chi connectivity index (χ4n) is 0.991. The molecule has 0 spiro atoms. The zero-order chi connectivity index (χ0) is 11.1. The van der Waals surface area contributed by atoms with Gasteiger partial charge < -0.3 is 4.74 Å². The molecule has 0 atom stereocenters. The molecule has 0 unspecified atom stereocenters. The standard InChI is InChI=1S/C11H15NO3/c1-9(2)15-11(13)12-14-8-10-6-4-3-5-7-10/h3-7,9H,8H2,1-2H3,(H,12,13). The van der Waals surface area contributed by atoms with Crippen LogP contribution in [0.25, 0.3) is 0 Å². The molecule has 0 fully saturated rings. The minimum absolute atomic E-state index is 0.148. The first kappa shape index (κ1) is 11.5. The molecule has 0 aromatic heterocycles. The first-order valence-corrected chi connectivity index (χ1v) is 4.81. The van der Waals surface area contributed by atoms with Crippen molar-refractivity contribution < 1.29 is 14.4 Å². The molecule has 1 aromatic carbocycles. The molecule has 1 amide bonds. The van der Waals surface area contributed by atoms with Crippen LogP contribution in [-0.2, 0) is 16.2 Å². The number of ether oxygens (including phenoxy) is 1. The minimum Gasteiger partial charge on any atom is -0.445 e. The van der Waals surface area contributed by atoms with Crippen LogP contribution < -0.4 is 5.48 Å². The van der Waals surface area contributed by atoms with E-state index in [0.717, 1.165) is 5.56 Å². The van der Waals surface area contributed by atoms with Gasteiger partial charge in [0.25, 0.3) is 0 Å². The Balaban J connectivity index is 2.19. The maximum atomic E-state index is 11.0. The number of hydrogen-bond donors (Lipinski definition) is 1. The van der Waals surface area contributed by atoms with Gasteiger partial charge >= 0.3 is 6.09 Å². The highest BCUT2D eigenvalue weighted by atomic mass is 16.7. The van der Waals surface area contributed by atoms with Gasteiger partial charge in [0.1, 0.15) is 0 Å². The Morgan fingerprint density at radius 3 is 2.60 bits per heavy atom. The lowest BCUT2D eigenvalue weighted by Crippen LogP contribution is -2.26. The van der Waals surface area contributed by atoms with E-state index in [0.29, 0.717) is 6.61 Å². The molecule has 1 N–H and O–H groups in total. The van der Waals surface area contributed by atoms with Gasteiger partial charge in [-0.1, -0.05) is 30.3 Å². The second-order valence-corrected chi connectivity index (χ2v) is 3.33. The lowest BCUT2D eigenvalue weighted by molar-refractivity contribution is 0.00943. The van der Waals surface area contributed by atoms with Crippen molar-refractivity contribution in [2.45, 2.75) is 26.6 Å². The number of nitrogens with one attached hydrogen (secondary N) is 1. The third-order valence-electron chi connectivity index (χ3n) is 1.58. The molecule has 0 aliphatic rings. The SMILES string of the molecule is CC(C)OC(=O)NOCc1ccccc1. The maximum absolute atomic E-state index is 11.0. The average molecular weight is 209 g/mol. The van der Waals surface area contributed by atoms with Gasteiger partial charge in [-0.2, -0.15) is 5.48 Å². The minimum atomic E-state index is -0.569. The monoisotopic (exact) mass is 209 g/mol. The van der Waals surface area contributed by atoms with Crippen molar-refractivity contribution >= 4 is 6.09 Å². The van der Waals surface area contributed by atoms with Gasteiger partial charge in [0.2, 0.25) is 0 Å². The van der Waals surface area contributed by atoms with E-state index in [1.807, 2.05) is 30.3 Å². The van der Waals surface area contributed by atoms with Crippen LogP contribution in [0.1, 0.15) is 19.4 Å². The molecule has 0 radical (unpaired) electrons. The smallest absolute Gasteiger partial charge is 0.431 e. The number of hydrogen-bond acceptors (Lipinski definition) is 3. The van der Waals surface area contributed by atoms with E-state index in [9.17, 15) is 4.79 Å². The molecule has 1 aromatic rings. The van der Waals surface area contributed by atoms with Gasteiger partial charge in [-0.25, -0.2) is 4.79 Å².